The zero-order chi connectivity index (χ0) is 12.8. The predicted octanol–water partition coefficient (Wildman–Crippen LogP) is 1.90. The van der Waals surface area contributed by atoms with Crippen LogP contribution in [0.25, 0.3) is 0 Å². The van der Waals surface area contributed by atoms with Gasteiger partial charge in [0.05, 0.1) is 0 Å². The first-order valence-electron chi connectivity index (χ1n) is 6.94. The summed E-state index contributed by atoms with van der Waals surface area (Å²) in [6, 6.07) is 0. The van der Waals surface area contributed by atoms with Gasteiger partial charge in [-0.2, -0.15) is 0 Å². The minimum atomic E-state index is 1.09. The fraction of sp³-hybridized carbons (Fsp3) is 1.00. The van der Waals surface area contributed by atoms with Crippen LogP contribution in [0.4, 0.5) is 0 Å². The maximum Gasteiger partial charge on any atom is 0.0110 e. The molecule has 1 aliphatic rings. The number of hydrogen-bond acceptors (Lipinski definition) is 3. The summed E-state index contributed by atoms with van der Waals surface area (Å²) in [4.78, 5) is 4.92. The monoisotopic (exact) mass is 231 g/mol. The van der Waals surface area contributed by atoms with Crippen molar-refractivity contribution >= 4 is 0 Å². The molecule has 1 aliphatic heterocycles. The van der Waals surface area contributed by atoms with E-state index >= 15 is 0 Å². The number of nitrogens with one attached hydrogen (secondary N) is 1. The highest BCUT2D eigenvalue weighted by Crippen LogP contribution is 1.97. The maximum atomic E-state index is 3.35. The summed E-state index contributed by atoms with van der Waals surface area (Å²) in [6.45, 7) is 18.5. The number of hydrogen-bond donors (Lipinski definition) is 1. The van der Waals surface area contributed by atoms with Gasteiger partial charge in [-0.15, -0.1) is 0 Å². The van der Waals surface area contributed by atoms with E-state index < -0.39 is 0 Å². The molecular weight excluding hydrogens is 198 g/mol. The minimum Gasteiger partial charge on any atom is -0.316 e. The summed E-state index contributed by atoms with van der Waals surface area (Å²) >= 11 is 0. The SMILES string of the molecule is CC.CC.CCNCCN1CCN(C)CC1. The summed E-state index contributed by atoms with van der Waals surface area (Å²) < 4.78 is 0. The predicted molar refractivity (Wildman–Crippen MR) is 75.2 cm³/mol. The minimum absolute atomic E-state index is 1.09. The smallest absolute Gasteiger partial charge is 0.0110 e. The van der Waals surface area contributed by atoms with Gasteiger partial charge >= 0.3 is 0 Å². The molecule has 1 rings (SSSR count). The molecule has 0 aromatic rings. The number of rotatable bonds is 4. The highest BCUT2D eigenvalue weighted by atomic mass is 15.2. The molecule has 0 atom stereocenters. The van der Waals surface area contributed by atoms with Gasteiger partial charge in [0, 0.05) is 39.3 Å². The third-order valence-electron chi connectivity index (χ3n) is 2.45. The van der Waals surface area contributed by atoms with E-state index in [0.29, 0.717) is 0 Å². The Hall–Kier alpha value is -0.120. The fourth-order valence-corrected chi connectivity index (χ4v) is 1.49. The molecule has 1 heterocycles. The first-order valence-corrected chi connectivity index (χ1v) is 6.94. The van der Waals surface area contributed by atoms with Gasteiger partial charge in [-0.3, -0.25) is 4.90 Å². The van der Waals surface area contributed by atoms with Gasteiger partial charge in [-0.25, -0.2) is 0 Å². The lowest BCUT2D eigenvalue weighted by Gasteiger charge is -2.32. The Kier molecular flexibility index (Phi) is 17.0. The summed E-state index contributed by atoms with van der Waals surface area (Å²) in [5, 5.41) is 3.35. The third kappa shape index (κ3) is 10.4. The average Bonchev–Trinajstić information content (AvgIpc) is 2.37. The third-order valence-corrected chi connectivity index (χ3v) is 2.45. The van der Waals surface area contributed by atoms with Crippen LogP contribution in [0.3, 0.4) is 0 Å². The molecule has 1 fully saturated rings. The fourth-order valence-electron chi connectivity index (χ4n) is 1.49. The van der Waals surface area contributed by atoms with Crippen molar-refractivity contribution in [2.45, 2.75) is 34.6 Å². The molecule has 0 aromatic carbocycles. The second-order valence-corrected chi connectivity index (χ2v) is 3.50. The molecular formula is C13H33N3. The number of likely N-dealkylation sites (N-methyl/N-ethyl adjacent to an activating group) is 2. The number of nitrogens with zero attached hydrogens (tertiary/aromatic N) is 2. The van der Waals surface area contributed by atoms with E-state index in [0.717, 1.165) is 13.1 Å². The largest absolute Gasteiger partial charge is 0.316 e. The Bertz CT molecular complexity index is 110. The molecule has 16 heavy (non-hydrogen) atoms. The second kappa shape index (κ2) is 14.9. The van der Waals surface area contributed by atoms with Gasteiger partial charge in [0.2, 0.25) is 0 Å². The molecule has 100 valence electrons. The summed E-state index contributed by atoms with van der Waals surface area (Å²) in [5.41, 5.74) is 0. The lowest BCUT2D eigenvalue weighted by atomic mass is 10.3. The van der Waals surface area contributed by atoms with E-state index in [2.05, 4.69) is 29.1 Å². The van der Waals surface area contributed by atoms with Crippen molar-refractivity contribution in [2.24, 2.45) is 0 Å². The molecule has 0 amide bonds. The molecule has 3 heteroatoms. The molecule has 0 spiro atoms. The summed E-state index contributed by atoms with van der Waals surface area (Å²) in [6.07, 6.45) is 0. The van der Waals surface area contributed by atoms with Crippen molar-refractivity contribution < 1.29 is 0 Å². The van der Waals surface area contributed by atoms with Crippen molar-refractivity contribution in [3.8, 4) is 0 Å². The summed E-state index contributed by atoms with van der Waals surface area (Å²) in [7, 11) is 2.20. The van der Waals surface area contributed by atoms with Crippen LogP contribution in [0, 0.1) is 0 Å². The molecule has 0 aromatic heterocycles. The quantitative estimate of drug-likeness (QED) is 0.746. The van der Waals surface area contributed by atoms with E-state index in [9.17, 15) is 0 Å². The molecule has 0 radical (unpaired) electrons. The van der Waals surface area contributed by atoms with E-state index in [-0.39, 0.29) is 0 Å². The van der Waals surface area contributed by atoms with E-state index in [1.807, 2.05) is 27.7 Å². The molecule has 0 bridgehead atoms. The van der Waals surface area contributed by atoms with Crippen molar-refractivity contribution in [3.63, 3.8) is 0 Å². The topological polar surface area (TPSA) is 18.5 Å². The van der Waals surface area contributed by atoms with Crippen LogP contribution in [-0.4, -0.2) is 62.7 Å². The van der Waals surface area contributed by atoms with Crippen LogP contribution >= 0.6 is 0 Å². The van der Waals surface area contributed by atoms with Crippen LogP contribution in [0.5, 0.6) is 0 Å². The molecule has 1 saturated heterocycles. The standard InChI is InChI=1S/C9H21N3.2C2H6/c1-3-10-4-5-12-8-6-11(2)7-9-12;2*1-2/h10H,3-9H2,1-2H3;2*1-2H3. The lowest BCUT2D eigenvalue weighted by molar-refractivity contribution is 0.155. The van der Waals surface area contributed by atoms with E-state index in [4.69, 9.17) is 0 Å². The highest BCUT2D eigenvalue weighted by Gasteiger charge is 2.12. The van der Waals surface area contributed by atoms with E-state index in [1.54, 1.807) is 0 Å². The van der Waals surface area contributed by atoms with E-state index in [1.165, 1.54) is 32.7 Å². The van der Waals surface area contributed by atoms with Gasteiger partial charge in [0.1, 0.15) is 0 Å². The lowest BCUT2D eigenvalue weighted by Crippen LogP contribution is -2.46. The number of piperazine rings is 1. The average molecular weight is 231 g/mol. The van der Waals surface area contributed by atoms with Crippen LogP contribution in [0.1, 0.15) is 34.6 Å². The van der Waals surface area contributed by atoms with Crippen molar-refractivity contribution in [1.82, 2.24) is 15.1 Å². The first-order chi connectivity index (χ1) is 7.83. The second-order valence-electron chi connectivity index (χ2n) is 3.50. The van der Waals surface area contributed by atoms with Crippen LogP contribution in [0.15, 0.2) is 0 Å². The molecule has 3 nitrogen and oxygen atoms in total. The van der Waals surface area contributed by atoms with Gasteiger partial charge in [-0.05, 0) is 13.6 Å². The van der Waals surface area contributed by atoms with Crippen LogP contribution in [0.2, 0.25) is 0 Å². The first kappa shape index (κ1) is 18.3. The highest BCUT2D eigenvalue weighted by molar-refractivity contribution is 4.69. The van der Waals surface area contributed by atoms with Crippen molar-refractivity contribution in [1.29, 1.82) is 0 Å². The zero-order valence-electron chi connectivity index (χ0n) is 12.3. The molecule has 0 aliphatic carbocycles. The van der Waals surface area contributed by atoms with Crippen molar-refractivity contribution in [2.75, 3.05) is 52.9 Å². The van der Waals surface area contributed by atoms with Gasteiger partial charge in [0.15, 0.2) is 0 Å². The molecule has 0 unspecified atom stereocenters. The Balaban J connectivity index is 0. The van der Waals surface area contributed by atoms with Crippen LogP contribution < -0.4 is 5.32 Å². The molecule has 1 N–H and O–H groups in total. The van der Waals surface area contributed by atoms with Gasteiger partial charge in [0.25, 0.3) is 0 Å². The van der Waals surface area contributed by atoms with Gasteiger partial charge < -0.3 is 10.2 Å². The van der Waals surface area contributed by atoms with Crippen LogP contribution in [-0.2, 0) is 0 Å². The zero-order valence-corrected chi connectivity index (χ0v) is 12.3. The maximum absolute atomic E-state index is 3.35. The molecule has 0 saturated carbocycles. The summed E-state index contributed by atoms with van der Waals surface area (Å²) in [5.74, 6) is 0. The normalized spacial score (nSPS) is 16.9. The van der Waals surface area contributed by atoms with Crippen molar-refractivity contribution in [3.05, 3.63) is 0 Å². The Labute approximate surface area is 103 Å². The van der Waals surface area contributed by atoms with Gasteiger partial charge in [-0.1, -0.05) is 34.6 Å². The Morgan fingerprint density at radius 2 is 1.44 bits per heavy atom. The Morgan fingerprint density at radius 3 is 1.88 bits per heavy atom. The Morgan fingerprint density at radius 1 is 0.938 bits per heavy atom.